The Bertz CT molecular complexity index is 777. The summed E-state index contributed by atoms with van der Waals surface area (Å²) in [6, 6.07) is 9.91. The lowest BCUT2D eigenvalue weighted by atomic mass is 10.2. The molecule has 0 radical (unpaired) electrons. The van der Waals surface area contributed by atoms with Gasteiger partial charge in [-0.1, -0.05) is 29.8 Å². The van der Waals surface area contributed by atoms with Gasteiger partial charge in [0.1, 0.15) is 0 Å². The molecule has 6 nitrogen and oxygen atoms in total. The lowest BCUT2D eigenvalue weighted by molar-refractivity contribution is -0.136. The van der Waals surface area contributed by atoms with Gasteiger partial charge in [-0.2, -0.15) is 0 Å². The summed E-state index contributed by atoms with van der Waals surface area (Å²) in [6.45, 7) is 1.73. The fourth-order valence-electron chi connectivity index (χ4n) is 2.05. The highest BCUT2D eigenvalue weighted by Crippen LogP contribution is 2.29. The van der Waals surface area contributed by atoms with Crippen molar-refractivity contribution in [2.45, 2.75) is 13.5 Å². The van der Waals surface area contributed by atoms with Crippen molar-refractivity contribution < 1.29 is 19.4 Å². The molecule has 0 atom stereocenters. The summed E-state index contributed by atoms with van der Waals surface area (Å²) in [5.41, 5.74) is 1.58. The van der Waals surface area contributed by atoms with Gasteiger partial charge < -0.3 is 20.5 Å². The second-order valence-electron chi connectivity index (χ2n) is 5.02. The van der Waals surface area contributed by atoms with E-state index in [1.165, 1.54) is 7.11 Å². The van der Waals surface area contributed by atoms with Gasteiger partial charge in [0.05, 0.1) is 7.11 Å². The van der Waals surface area contributed by atoms with Crippen molar-refractivity contribution in [2.24, 2.45) is 0 Å². The Hall–Kier alpha value is -2.73. The van der Waals surface area contributed by atoms with E-state index in [0.29, 0.717) is 27.6 Å². The maximum absolute atomic E-state index is 12.0. The van der Waals surface area contributed by atoms with Crippen LogP contribution in [0.15, 0.2) is 36.4 Å². The van der Waals surface area contributed by atoms with Gasteiger partial charge in [0.25, 0.3) is 0 Å². The summed E-state index contributed by atoms with van der Waals surface area (Å²) in [5, 5.41) is 15.4. The molecule has 0 saturated heterocycles. The summed E-state index contributed by atoms with van der Waals surface area (Å²) in [7, 11) is 1.43. The van der Waals surface area contributed by atoms with Crippen molar-refractivity contribution in [3.63, 3.8) is 0 Å². The van der Waals surface area contributed by atoms with Crippen LogP contribution in [-0.2, 0) is 16.1 Å². The normalized spacial score (nSPS) is 10.1. The van der Waals surface area contributed by atoms with Gasteiger partial charge >= 0.3 is 11.8 Å². The summed E-state index contributed by atoms with van der Waals surface area (Å²) in [4.78, 5) is 23.9. The van der Waals surface area contributed by atoms with E-state index in [4.69, 9.17) is 16.3 Å². The summed E-state index contributed by atoms with van der Waals surface area (Å²) >= 11 is 5.97. The van der Waals surface area contributed by atoms with Crippen molar-refractivity contribution in [3.8, 4) is 11.5 Å². The molecular weight excluding hydrogens is 332 g/mol. The number of aromatic hydroxyl groups is 1. The first-order chi connectivity index (χ1) is 11.4. The molecule has 3 N–H and O–H groups in total. The number of phenols is 1. The predicted octanol–water partition coefficient (Wildman–Crippen LogP) is 2.62. The van der Waals surface area contributed by atoms with E-state index in [9.17, 15) is 14.7 Å². The number of benzene rings is 2. The van der Waals surface area contributed by atoms with Crippen molar-refractivity contribution in [1.29, 1.82) is 0 Å². The van der Waals surface area contributed by atoms with E-state index < -0.39 is 11.8 Å². The largest absolute Gasteiger partial charge is 0.504 e. The highest BCUT2D eigenvalue weighted by molar-refractivity contribution is 6.40. The number of methoxy groups -OCH3 is 1. The molecule has 2 rings (SSSR count). The van der Waals surface area contributed by atoms with Crippen molar-refractivity contribution >= 4 is 29.1 Å². The number of hydrogen-bond acceptors (Lipinski definition) is 4. The van der Waals surface area contributed by atoms with Crippen LogP contribution >= 0.6 is 11.6 Å². The summed E-state index contributed by atoms with van der Waals surface area (Å²) in [6.07, 6.45) is 0. The van der Waals surface area contributed by atoms with Gasteiger partial charge in [0, 0.05) is 22.8 Å². The third kappa shape index (κ3) is 3.97. The first-order valence-corrected chi connectivity index (χ1v) is 7.51. The van der Waals surface area contributed by atoms with Crippen LogP contribution in [0.2, 0.25) is 5.02 Å². The SMILES string of the molecule is COc1cccc(CNC(=O)C(=O)Nc2cccc(Cl)c2C)c1O. The Morgan fingerprint density at radius 2 is 1.88 bits per heavy atom. The number of halogens is 1. The Kier molecular flexibility index (Phi) is 5.65. The predicted molar refractivity (Wildman–Crippen MR) is 91.3 cm³/mol. The first-order valence-electron chi connectivity index (χ1n) is 7.13. The molecule has 0 bridgehead atoms. The van der Waals surface area contributed by atoms with Crippen LogP contribution in [0.4, 0.5) is 5.69 Å². The van der Waals surface area contributed by atoms with E-state index in [-0.39, 0.29) is 12.3 Å². The maximum Gasteiger partial charge on any atom is 0.313 e. The molecule has 0 unspecified atom stereocenters. The number of nitrogens with one attached hydrogen (secondary N) is 2. The van der Waals surface area contributed by atoms with Crippen LogP contribution < -0.4 is 15.4 Å². The number of carbonyl (C=O) groups excluding carboxylic acids is 2. The van der Waals surface area contributed by atoms with E-state index in [2.05, 4.69) is 10.6 Å². The molecule has 0 saturated carbocycles. The molecule has 24 heavy (non-hydrogen) atoms. The monoisotopic (exact) mass is 348 g/mol. The van der Waals surface area contributed by atoms with Gasteiger partial charge in [0.2, 0.25) is 0 Å². The molecule has 0 aliphatic rings. The second-order valence-corrected chi connectivity index (χ2v) is 5.42. The molecule has 2 aromatic carbocycles. The number of amides is 2. The van der Waals surface area contributed by atoms with Crippen molar-refractivity contribution in [1.82, 2.24) is 5.32 Å². The third-order valence-corrected chi connectivity index (χ3v) is 3.87. The van der Waals surface area contributed by atoms with E-state index in [0.717, 1.165) is 0 Å². The molecule has 126 valence electrons. The molecule has 2 aromatic rings. The molecule has 7 heteroatoms. The van der Waals surface area contributed by atoms with Crippen molar-refractivity contribution in [3.05, 3.63) is 52.5 Å². The molecule has 0 aromatic heterocycles. The van der Waals surface area contributed by atoms with Crippen molar-refractivity contribution in [2.75, 3.05) is 12.4 Å². The number of rotatable bonds is 4. The van der Waals surface area contributed by atoms with Crippen LogP contribution in [0.3, 0.4) is 0 Å². The smallest absolute Gasteiger partial charge is 0.313 e. The fraction of sp³-hybridized carbons (Fsp3) is 0.176. The summed E-state index contributed by atoms with van der Waals surface area (Å²) < 4.78 is 4.99. The van der Waals surface area contributed by atoms with Crippen LogP contribution in [0, 0.1) is 6.92 Å². The topological polar surface area (TPSA) is 87.7 Å². The number of anilines is 1. The van der Waals surface area contributed by atoms with Crippen LogP contribution in [-0.4, -0.2) is 24.0 Å². The highest BCUT2D eigenvalue weighted by Gasteiger charge is 2.16. The Morgan fingerprint density at radius 1 is 1.17 bits per heavy atom. The fourth-order valence-corrected chi connectivity index (χ4v) is 2.23. The first kappa shape index (κ1) is 17.6. The zero-order valence-corrected chi connectivity index (χ0v) is 14.0. The average molecular weight is 349 g/mol. The molecule has 0 aliphatic carbocycles. The number of para-hydroxylation sites is 1. The Morgan fingerprint density at radius 3 is 2.58 bits per heavy atom. The second kappa shape index (κ2) is 7.70. The van der Waals surface area contributed by atoms with E-state index >= 15 is 0 Å². The van der Waals surface area contributed by atoms with Crippen LogP contribution in [0.5, 0.6) is 11.5 Å². The average Bonchev–Trinajstić information content (AvgIpc) is 2.57. The lowest BCUT2D eigenvalue weighted by Gasteiger charge is -2.11. The quantitative estimate of drug-likeness (QED) is 0.741. The van der Waals surface area contributed by atoms with E-state index in [1.807, 2.05) is 0 Å². The number of ether oxygens (including phenoxy) is 1. The van der Waals surface area contributed by atoms with Gasteiger partial charge in [0.15, 0.2) is 11.5 Å². The van der Waals surface area contributed by atoms with Gasteiger partial charge in [-0.15, -0.1) is 0 Å². The van der Waals surface area contributed by atoms with Crippen LogP contribution in [0.1, 0.15) is 11.1 Å². The zero-order chi connectivity index (χ0) is 17.7. The van der Waals surface area contributed by atoms with Gasteiger partial charge in [-0.25, -0.2) is 0 Å². The number of carbonyl (C=O) groups is 2. The maximum atomic E-state index is 12.0. The highest BCUT2D eigenvalue weighted by atomic mass is 35.5. The standard InChI is InChI=1S/C17H17ClN2O4/c1-10-12(18)6-4-7-13(10)20-17(23)16(22)19-9-11-5-3-8-14(24-2)15(11)21/h3-8,21H,9H2,1-2H3,(H,19,22)(H,20,23). The minimum atomic E-state index is -0.823. The van der Waals surface area contributed by atoms with E-state index in [1.54, 1.807) is 43.3 Å². The molecular formula is C17H17ClN2O4. The Balaban J connectivity index is 2.00. The van der Waals surface area contributed by atoms with Crippen LogP contribution in [0.25, 0.3) is 0 Å². The molecule has 2 amide bonds. The number of hydrogen-bond donors (Lipinski definition) is 3. The molecule has 0 aliphatic heterocycles. The van der Waals surface area contributed by atoms with Gasteiger partial charge in [-0.05, 0) is 30.7 Å². The zero-order valence-electron chi connectivity index (χ0n) is 13.2. The molecule has 0 heterocycles. The van der Waals surface area contributed by atoms with Gasteiger partial charge in [-0.3, -0.25) is 9.59 Å². The number of phenolic OH excluding ortho intramolecular Hbond substituents is 1. The molecule has 0 fully saturated rings. The third-order valence-electron chi connectivity index (χ3n) is 3.46. The Labute approximate surface area is 144 Å². The minimum absolute atomic E-state index is 0.0101. The molecule has 0 spiro atoms. The summed E-state index contributed by atoms with van der Waals surface area (Å²) in [5.74, 6) is -1.42. The lowest BCUT2D eigenvalue weighted by Crippen LogP contribution is -2.35. The minimum Gasteiger partial charge on any atom is -0.504 e.